The summed E-state index contributed by atoms with van der Waals surface area (Å²) in [5.41, 5.74) is 11.0. The van der Waals surface area contributed by atoms with Gasteiger partial charge in [-0.1, -0.05) is 154 Å². The van der Waals surface area contributed by atoms with Crippen LogP contribution in [0.4, 0.5) is 0 Å². The Morgan fingerprint density at radius 1 is 0.535 bits per heavy atom. The summed E-state index contributed by atoms with van der Waals surface area (Å²) in [7, 11) is 0.628. The fourth-order valence-electron chi connectivity index (χ4n) is 6.16. The van der Waals surface area contributed by atoms with Crippen LogP contribution in [0, 0.1) is 0 Å². The Hall–Kier alpha value is -1.48. The summed E-state index contributed by atoms with van der Waals surface area (Å²) in [6.07, 6.45) is 6.49. The second-order valence-corrected chi connectivity index (χ2v) is 18.2. The molecule has 0 spiro atoms. The molecular formula is C41H62P2. The molecule has 0 radical (unpaired) electrons. The molecule has 0 saturated carbocycles. The number of rotatable bonds is 15. The summed E-state index contributed by atoms with van der Waals surface area (Å²) >= 11 is 0. The van der Waals surface area contributed by atoms with Gasteiger partial charge in [-0.25, -0.2) is 0 Å². The number of hydrogen-bond donors (Lipinski definition) is 0. The zero-order chi connectivity index (χ0) is 31.8. The van der Waals surface area contributed by atoms with E-state index in [0.717, 1.165) is 8.58 Å². The van der Waals surface area contributed by atoms with Gasteiger partial charge in [0.25, 0.3) is 0 Å². The minimum atomic E-state index is -0.283. The smallest absolute Gasteiger partial charge is 0.00326 e. The van der Waals surface area contributed by atoms with Crippen LogP contribution in [-0.2, 0) is 6.16 Å². The van der Waals surface area contributed by atoms with Crippen molar-refractivity contribution in [1.82, 2.24) is 0 Å². The van der Waals surface area contributed by atoms with Gasteiger partial charge < -0.3 is 0 Å². The highest BCUT2D eigenvalue weighted by Crippen LogP contribution is 2.45. The molecule has 0 saturated heterocycles. The van der Waals surface area contributed by atoms with Crippen LogP contribution in [0.3, 0.4) is 0 Å². The molecule has 0 N–H and O–H groups in total. The van der Waals surface area contributed by atoms with E-state index >= 15 is 0 Å². The van der Waals surface area contributed by atoms with Crippen LogP contribution in [0.5, 0.6) is 0 Å². The first-order valence-electron chi connectivity index (χ1n) is 17.2. The Morgan fingerprint density at radius 3 is 1.40 bits per heavy atom. The summed E-state index contributed by atoms with van der Waals surface area (Å²) in [5.74, 6) is 3.39. The van der Waals surface area contributed by atoms with Gasteiger partial charge in [-0.05, 0) is 116 Å². The molecule has 0 heterocycles. The molecule has 2 atom stereocenters. The highest BCUT2D eigenvalue weighted by atomic mass is 31.1. The highest BCUT2D eigenvalue weighted by Gasteiger charge is 2.24. The Kier molecular flexibility index (Phi) is 14.0. The van der Waals surface area contributed by atoms with Crippen molar-refractivity contribution in [3.05, 3.63) is 93.5 Å². The van der Waals surface area contributed by atoms with E-state index in [-0.39, 0.29) is 7.92 Å². The minimum absolute atomic E-state index is 0.283. The molecule has 0 amide bonds. The van der Waals surface area contributed by atoms with Gasteiger partial charge in [0, 0.05) is 0 Å². The summed E-state index contributed by atoms with van der Waals surface area (Å²) < 4.78 is 0. The lowest BCUT2D eigenvalue weighted by Crippen LogP contribution is -2.20. The maximum atomic E-state index is 2.57. The first-order chi connectivity index (χ1) is 20.3. The van der Waals surface area contributed by atoms with Crippen LogP contribution < -0.4 is 10.6 Å². The van der Waals surface area contributed by atoms with Gasteiger partial charge in [-0.2, -0.15) is 0 Å². The lowest BCUT2D eigenvalue weighted by Gasteiger charge is -2.29. The monoisotopic (exact) mass is 616 g/mol. The van der Waals surface area contributed by atoms with Gasteiger partial charge in [-0.15, -0.1) is 0 Å². The standard InChI is InChI=1S/C41H62P2/c1-27(2)34-22-36(29(5)6)40(37(23-34)30(7)8)42-20-16-17-21-43(26-33-18-14-13-15-19-33)41-38(31(9)10)24-35(28(3)4)25-39(41)32(11)12/h13-15,18-19,22-25,27-32,42H,16-17,20-21,26H2,1-12H3. The molecule has 236 valence electrons. The topological polar surface area (TPSA) is 0 Å². The van der Waals surface area contributed by atoms with E-state index in [2.05, 4.69) is 138 Å². The third-order valence-electron chi connectivity index (χ3n) is 8.92. The van der Waals surface area contributed by atoms with E-state index in [1.54, 1.807) is 32.9 Å². The van der Waals surface area contributed by atoms with Crippen LogP contribution in [0.25, 0.3) is 0 Å². The van der Waals surface area contributed by atoms with E-state index in [1.165, 1.54) is 48.0 Å². The molecule has 0 fully saturated rings. The molecule has 0 bridgehead atoms. The van der Waals surface area contributed by atoms with Gasteiger partial charge >= 0.3 is 0 Å². The SMILES string of the molecule is CC(C)c1cc(C(C)C)c(PCCCCP(Cc2ccccc2)c2c(C(C)C)cc(C(C)C)cc2C(C)C)c(C(C)C)c1. The van der Waals surface area contributed by atoms with Crippen molar-refractivity contribution in [3.63, 3.8) is 0 Å². The molecule has 0 aliphatic rings. The van der Waals surface area contributed by atoms with Crippen LogP contribution in [0.1, 0.15) is 170 Å². The van der Waals surface area contributed by atoms with Gasteiger partial charge in [0.15, 0.2) is 0 Å². The Balaban J connectivity index is 1.89. The second kappa shape index (κ2) is 16.7. The Labute approximate surface area is 269 Å². The number of unbranched alkanes of at least 4 members (excludes halogenated alkanes) is 1. The largest absolute Gasteiger partial charge is 0.0898 e. The Bertz CT molecular complexity index is 1220. The summed E-state index contributed by atoms with van der Waals surface area (Å²) in [4.78, 5) is 0. The number of benzene rings is 3. The minimum Gasteiger partial charge on any atom is -0.0898 e. The van der Waals surface area contributed by atoms with E-state index in [0.29, 0.717) is 35.5 Å². The molecule has 0 nitrogen and oxygen atoms in total. The summed E-state index contributed by atoms with van der Waals surface area (Å²) in [5, 5.41) is 3.40. The van der Waals surface area contributed by atoms with Crippen LogP contribution in [0.15, 0.2) is 54.6 Å². The van der Waals surface area contributed by atoms with Crippen molar-refractivity contribution in [2.24, 2.45) is 0 Å². The predicted octanol–water partition coefficient (Wildman–Crippen LogP) is 12.5. The van der Waals surface area contributed by atoms with Gasteiger partial charge in [0.2, 0.25) is 0 Å². The molecule has 2 unspecified atom stereocenters. The van der Waals surface area contributed by atoms with Crippen molar-refractivity contribution in [2.45, 2.75) is 138 Å². The summed E-state index contributed by atoms with van der Waals surface area (Å²) in [6.45, 7) is 28.6. The molecule has 3 aromatic carbocycles. The van der Waals surface area contributed by atoms with Gasteiger partial charge in [0.05, 0.1) is 0 Å². The molecule has 0 aliphatic heterocycles. The first-order valence-corrected chi connectivity index (χ1v) is 20.1. The van der Waals surface area contributed by atoms with Crippen LogP contribution >= 0.6 is 16.5 Å². The zero-order valence-electron chi connectivity index (χ0n) is 29.6. The molecule has 2 heteroatoms. The average molecular weight is 617 g/mol. The first kappa shape index (κ1) is 36.0. The van der Waals surface area contributed by atoms with Crippen molar-refractivity contribution in [2.75, 3.05) is 12.3 Å². The molecular weight excluding hydrogens is 554 g/mol. The molecule has 3 aromatic rings. The highest BCUT2D eigenvalue weighted by molar-refractivity contribution is 7.65. The maximum absolute atomic E-state index is 2.57. The zero-order valence-corrected chi connectivity index (χ0v) is 31.5. The third-order valence-corrected chi connectivity index (χ3v) is 13.2. The average Bonchev–Trinajstić information content (AvgIpc) is 2.95. The van der Waals surface area contributed by atoms with E-state index in [9.17, 15) is 0 Å². The number of hydrogen-bond acceptors (Lipinski definition) is 0. The van der Waals surface area contributed by atoms with Crippen LogP contribution in [0.2, 0.25) is 0 Å². The maximum Gasteiger partial charge on any atom is -0.00326 e. The fraction of sp³-hybridized carbons (Fsp3) is 0.561. The van der Waals surface area contributed by atoms with Crippen molar-refractivity contribution in [3.8, 4) is 0 Å². The van der Waals surface area contributed by atoms with E-state index in [4.69, 9.17) is 0 Å². The lowest BCUT2D eigenvalue weighted by molar-refractivity contribution is 0.812. The quantitative estimate of drug-likeness (QED) is 0.118. The molecule has 3 rings (SSSR count). The molecule has 0 aliphatic carbocycles. The van der Waals surface area contributed by atoms with Gasteiger partial charge in [-0.3, -0.25) is 0 Å². The van der Waals surface area contributed by atoms with Crippen LogP contribution in [-0.4, -0.2) is 12.3 Å². The fourth-order valence-corrected chi connectivity index (χ4v) is 11.1. The van der Waals surface area contributed by atoms with Gasteiger partial charge in [0.1, 0.15) is 0 Å². The normalized spacial score (nSPS) is 13.3. The lowest BCUT2D eigenvalue weighted by atomic mass is 9.89. The molecule has 43 heavy (non-hydrogen) atoms. The van der Waals surface area contributed by atoms with Crippen molar-refractivity contribution in [1.29, 1.82) is 0 Å². The second-order valence-electron chi connectivity index (χ2n) is 14.6. The summed E-state index contributed by atoms with van der Waals surface area (Å²) in [6, 6.07) is 21.5. The molecule has 0 aromatic heterocycles. The predicted molar refractivity (Wildman–Crippen MR) is 201 cm³/mol. The van der Waals surface area contributed by atoms with E-state index in [1.807, 2.05) is 0 Å². The Morgan fingerprint density at radius 2 is 0.977 bits per heavy atom. The van der Waals surface area contributed by atoms with E-state index < -0.39 is 0 Å². The van der Waals surface area contributed by atoms with Crippen molar-refractivity contribution >= 4 is 27.1 Å². The third kappa shape index (κ3) is 9.75. The van der Waals surface area contributed by atoms with Crippen molar-refractivity contribution < 1.29 is 0 Å².